The maximum atomic E-state index is 13.5. The van der Waals surface area contributed by atoms with E-state index in [1.54, 1.807) is 6.92 Å². The van der Waals surface area contributed by atoms with Gasteiger partial charge in [0.05, 0.1) is 43.2 Å². The number of carbonyl (C=O) groups excluding carboxylic acids is 1. The lowest BCUT2D eigenvalue weighted by Gasteiger charge is -2.73. The number of hydrogen-bond donors (Lipinski definition) is 9. The molecule has 65 heavy (non-hydrogen) atoms. The normalized spacial score (nSPS) is 58.0. The van der Waals surface area contributed by atoms with Crippen molar-refractivity contribution in [2.45, 2.75) is 217 Å². The van der Waals surface area contributed by atoms with Gasteiger partial charge in [-0.3, -0.25) is 4.79 Å². The van der Waals surface area contributed by atoms with Crippen LogP contribution < -0.4 is 0 Å². The van der Waals surface area contributed by atoms with E-state index in [1.165, 1.54) is 6.92 Å². The van der Waals surface area contributed by atoms with Gasteiger partial charge in [0.15, 0.2) is 18.9 Å². The molecule has 0 amide bonds. The van der Waals surface area contributed by atoms with Crippen molar-refractivity contribution in [3.05, 3.63) is 12.2 Å². The molecule has 0 radical (unpaired) electrons. The summed E-state index contributed by atoms with van der Waals surface area (Å²) >= 11 is 0. The van der Waals surface area contributed by atoms with Crippen molar-refractivity contribution in [1.82, 2.24) is 0 Å². The Labute approximate surface area is 381 Å². The van der Waals surface area contributed by atoms with Crippen LogP contribution in [0, 0.1) is 50.2 Å². The summed E-state index contributed by atoms with van der Waals surface area (Å²) in [7, 11) is 0. The minimum Gasteiger partial charge on any atom is -0.394 e. The summed E-state index contributed by atoms with van der Waals surface area (Å²) in [6, 6.07) is 0. The number of carbonyl (C=O) groups is 1. The van der Waals surface area contributed by atoms with Gasteiger partial charge in [0, 0.05) is 28.6 Å². The highest BCUT2D eigenvalue weighted by Crippen LogP contribution is 2.79. The zero-order valence-corrected chi connectivity index (χ0v) is 39.4. The lowest BCUT2D eigenvalue weighted by Crippen LogP contribution is -2.73. The van der Waals surface area contributed by atoms with Gasteiger partial charge in [0.25, 0.3) is 0 Å². The number of hydrogen-bond acceptors (Lipinski definition) is 17. The van der Waals surface area contributed by atoms with Crippen LogP contribution in [0.25, 0.3) is 0 Å². The molecule has 9 rings (SSSR count). The van der Waals surface area contributed by atoms with Crippen LogP contribution in [0.4, 0.5) is 0 Å². The second-order valence-corrected chi connectivity index (χ2v) is 23.7. The summed E-state index contributed by atoms with van der Waals surface area (Å²) in [5, 5.41) is 98.8. The standard InChI is InChI=1S/C48H76O17/c1-21-30(52)33(55)36(58)39(60-21)64-38-35(57)32(54)23(19-49)62-41(38)65-37-34(56)31(53)22(2)61-40(37)63-29-12-13-44(7)24(43(29,5)6)10-14-45(8)25(44)11-15-48-26-16-42(3,4)27(50)18-47(26,20-59-48)28(51)17-46(45,48)9/h11,15,21-26,28-41,49,51-58H,10,12-14,16-20H2,1-9H3. The van der Waals surface area contributed by atoms with Gasteiger partial charge in [0.1, 0.15) is 66.8 Å². The molecule has 9 aliphatic rings. The van der Waals surface area contributed by atoms with Crippen LogP contribution in [-0.2, 0) is 38.0 Å². The number of allylic oxidation sites excluding steroid dienone is 1. The van der Waals surface area contributed by atoms with Crippen molar-refractivity contribution in [1.29, 1.82) is 0 Å². The van der Waals surface area contributed by atoms with E-state index >= 15 is 0 Å². The van der Waals surface area contributed by atoms with E-state index in [4.69, 9.17) is 33.2 Å². The van der Waals surface area contributed by atoms with E-state index < -0.39 is 138 Å². The smallest absolute Gasteiger partial charge is 0.187 e. The van der Waals surface area contributed by atoms with Crippen LogP contribution >= 0.6 is 0 Å². The Bertz CT molecular complexity index is 1850. The third-order valence-corrected chi connectivity index (χ3v) is 19.8. The minimum absolute atomic E-state index is 0.0139. The zero-order chi connectivity index (χ0) is 47.4. The third kappa shape index (κ3) is 6.79. The molecule has 0 aromatic carbocycles. The molecule has 9 N–H and O–H groups in total. The summed E-state index contributed by atoms with van der Waals surface area (Å²) < 4.78 is 44.1. The Morgan fingerprint density at radius 1 is 0.677 bits per heavy atom. The van der Waals surface area contributed by atoms with Crippen molar-refractivity contribution in [3.8, 4) is 0 Å². The number of aliphatic hydroxyl groups is 9. The maximum absolute atomic E-state index is 13.5. The van der Waals surface area contributed by atoms with E-state index in [0.717, 1.165) is 19.3 Å². The summed E-state index contributed by atoms with van der Waals surface area (Å²) in [5.41, 5.74) is -3.03. The number of ether oxygens (including phenoxy) is 7. The molecule has 4 aliphatic heterocycles. The van der Waals surface area contributed by atoms with Gasteiger partial charge in [0.2, 0.25) is 0 Å². The molecule has 8 fully saturated rings. The number of fused-ring (bicyclic) bond motifs is 4. The Morgan fingerprint density at radius 3 is 1.94 bits per heavy atom. The molecule has 25 unspecified atom stereocenters. The molecule has 4 saturated carbocycles. The van der Waals surface area contributed by atoms with Crippen molar-refractivity contribution in [3.63, 3.8) is 0 Å². The van der Waals surface area contributed by atoms with Crippen molar-refractivity contribution >= 4 is 5.78 Å². The van der Waals surface area contributed by atoms with E-state index in [2.05, 4.69) is 46.8 Å². The molecule has 370 valence electrons. The molecule has 4 saturated heterocycles. The van der Waals surface area contributed by atoms with Crippen LogP contribution in [-0.4, -0.2) is 175 Å². The van der Waals surface area contributed by atoms with Gasteiger partial charge in [-0.1, -0.05) is 60.6 Å². The number of rotatable bonds is 7. The Hall–Kier alpha value is -1.23. The monoisotopic (exact) mass is 925 g/mol. The van der Waals surface area contributed by atoms with Gasteiger partial charge in [-0.25, -0.2) is 0 Å². The maximum Gasteiger partial charge on any atom is 0.187 e. The summed E-state index contributed by atoms with van der Waals surface area (Å²) in [6.45, 7) is 18.3. The Kier molecular flexibility index (Phi) is 12.1. The second-order valence-electron chi connectivity index (χ2n) is 23.7. The Morgan fingerprint density at radius 2 is 1.28 bits per heavy atom. The fraction of sp³-hybridized carbons (Fsp3) is 0.938. The van der Waals surface area contributed by atoms with Crippen LogP contribution in [0.1, 0.15) is 107 Å². The fourth-order valence-electron chi connectivity index (χ4n) is 15.5. The predicted molar refractivity (Wildman–Crippen MR) is 227 cm³/mol. The third-order valence-electron chi connectivity index (χ3n) is 19.8. The summed E-state index contributed by atoms with van der Waals surface area (Å²) in [6.07, 6.45) is -14.1. The van der Waals surface area contributed by atoms with Gasteiger partial charge in [-0.2, -0.15) is 0 Å². The lowest BCUT2D eigenvalue weighted by molar-refractivity contribution is -0.396. The molecular formula is C48H76O17. The largest absolute Gasteiger partial charge is 0.394 e. The van der Waals surface area contributed by atoms with Crippen molar-refractivity contribution < 1.29 is 83.9 Å². The van der Waals surface area contributed by atoms with Crippen LogP contribution in [0.3, 0.4) is 0 Å². The lowest BCUT2D eigenvalue weighted by atomic mass is 9.32. The van der Waals surface area contributed by atoms with Gasteiger partial charge in [-0.05, 0) is 80.5 Å². The highest BCUT2D eigenvalue weighted by molar-refractivity contribution is 5.86. The first-order valence-corrected chi connectivity index (χ1v) is 24.1. The molecule has 17 nitrogen and oxygen atoms in total. The predicted octanol–water partition coefficient (Wildman–Crippen LogP) is 0.835. The Balaban J connectivity index is 0.978. The van der Waals surface area contributed by atoms with E-state index in [-0.39, 0.29) is 34.4 Å². The number of ketones is 1. The molecule has 2 bridgehead atoms. The van der Waals surface area contributed by atoms with Crippen molar-refractivity contribution in [2.75, 3.05) is 13.2 Å². The molecule has 17 heteroatoms. The average Bonchev–Trinajstić information content (AvgIpc) is 3.50. The highest BCUT2D eigenvalue weighted by Gasteiger charge is 2.79. The number of Topliss-reactive ketones (excluding diaryl/α,β-unsaturated/α-hetero) is 1. The molecule has 5 aliphatic carbocycles. The molecular weight excluding hydrogens is 849 g/mol. The van der Waals surface area contributed by atoms with Gasteiger partial charge >= 0.3 is 0 Å². The van der Waals surface area contributed by atoms with Gasteiger partial charge in [-0.15, -0.1) is 0 Å². The average molecular weight is 925 g/mol. The summed E-state index contributed by atoms with van der Waals surface area (Å²) in [4.78, 5) is 13.5. The molecule has 4 heterocycles. The van der Waals surface area contributed by atoms with Crippen LogP contribution in [0.15, 0.2) is 12.2 Å². The second kappa shape index (κ2) is 16.2. The minimum atomic E-state index is -1.80. The topological polar surface area (TPSA) is 264 Å². The van der Waals surface area contributed by atoms with Crippen molar-refractivity contribution in [2.24, 2.45) is 50.2 Å². The van der Waals surface area contributed by atoms with Crippen LogP contribution in [0.5, 0.6) is 0 Å². The molecule has 0 aromatic heterocycles. The SMILES string of the molecule is CC1OC(OC2C(OC3C(OC4CCC5(C)C(CCC6(C)C5C=CC57OCC8(CC(=O)C(C)(C)CC85)C(O)CC67C)C4(C)C)OC(C)C(O)C3O)OC(CO)C(O)C2O)C(O)C(O)C1O. The first-order valence-electron chi connectivity index (χ1n) is 24.1. The van der Waals surface area contributed by atoms with E-state index in [0.29, 0.717) is 32.3 Å². The quantitative estimate of drug-likeness (QED) is 0.127. The molecule has 0 aromatic rings. The first kappa shape index (κ1) is 48.8. The van der Waals surface area contributed by atoms with E-state index in [9.17, 15) is 50.8 Å². The zero-order valence-electron chi connectivity index (χ0n) is 39.4. The molecule has 1 spiro atoms. The fourth-order valence-corrected chi connectivity index (χ4v) is 15.5. The van der Waals surface area contributed by atoms with Gasteiger partial charge < -0.3 is 79.1 Å². The summed E-state index contributed by atoms with van der Waals surface area (Å²) in [5.74, 6) is 0.490. The molecule has 25 atom stereocenters. The van der Waals surface area contributed by atoms with E-state index in [1.807, 2.05) is 13.8 Å². The highest BCUT2D eigenvalue weighted by atomic mass is 16.8. The van der Waals surface area contributed by atoms with Crippen LogP contribution in [0.2, 0.25) is 0 Å². The number of aliphatic hydroxyl groups excluding tert-OH is 9. The first-order chi connectivity index (χ1) is 30.2.